The Morgan fingerprint density at radius 3 is 2.40 bits per heavy atom. The highest BCUT2D eigenvalue weighted by molar-refractivity contribution is 5.80. The van der Waals surface area contributed by atoms with E-state index in [0.717, 1.165) is 12.0 Å². The van der Waals surface area contributed by atoms with Crippen LogP contribution in [-0.4, -0.2) is 11.1 Å². The zero-order valence-corrected chi connectivity index (χ0v) is 9.79. The van der Waals surface area contributed by atoms with Crippen LogP contribution in [0.15, 0.2) is 18.2 Å². The molecule has 0 aliphatic rings. The highest BCUT2D eigenvalue weighted by Crippen LogP contribution is 2.25. The van der Waals surface area contributed by atoms with E-state index in [1.807, 2.05) is 25.1 Å². The van der Waals surface area contributed by atoms with Gasteiger partial charge in [0.25, 0.3) is 0 Å². The third kappa shape index (κ3) is 2.20. The molecule has 0 fully saturated rings. The summed E-state index contributed by atoms with van der Waals surface area (Å²) in [6, 6.07) is 5.92. The van der Waals surface area contributed by atoms with Crippen LogP contribution in [0.1, 0.15) is 37.5 Å². The summed E-state index contributed by atoms with van der Waals surface area (Å²) in [7, 11) is 0. The van der Waals surface area contributed by atoms with Crippen molar-refractivity contribution in [3.05, 3.63) is 34.9 Å². The van der Waals surface area contributed by atoms with Crippen molar-refractivity contribution in [2.75, 3.05) is 0 Å². The van der Waals surface area contributed by atoms with E-state index >= 15 is 0 Å². The van der Waals surface area contributed by atoms with Crippen LogP contribution in [0.2, 0.25) is 0 Å². The largest absolute Gasteiger partial charge is 0.481 e. The van der Waals surface area contributed by atoms with Gasteiger partial charge in [-0.1, -0.05) is 25.1 Å². The minimum atomic E-state index is -0.809. The molecule has 1 aromatic rings. The standard InChI is InChI=1S/C13H18O2/c1-5-10-6-7-11(8-9(10)2)13(3,4)12(14)15/h6-8H,5H2,1-4H3,(H,14,15). The predicted molar refractivity (Wildman–Crippen MR) is 61.2 cm³/mol. The van der Waals surface area contributed by atoms with Crippen molar-refractivity contribution in [1.29, 1.82) is 0 Å². The van der Waals surface area contributed by atoms with Crippen molar-refractivity contribution >= 4 is 5.97 Å². The molecule has 0 unspecified atom stereocenters. The van der Waals surface area contributed by atoms with Crippen molar-refractivity contribution in [1.82, 2.24) is 0 Å². The van der Waals surface area contributed by atoms with Crippen molar-refractivity contribution in [3.8, 4) is 0 Å². The van der Waals surface area contributed by atoms with Crippen LogP contribution in [0, 0.1) is 6.92 Å². The lowest BCUT2D eigenvalue weighted by Crippen LogP contribution is -2.28. The van der Waals surface area contributed by atoms with E-state index < -0.39 is 11.4 Å². The van der Waals surface area contributed by atoms with Gasteiger partial charge in [0, 0.05) is 0 Å². The predicted octanol–water partition coefficient (Wildman–Crippen LogP) is 2.92. The van der Waals surface area contributed by atoms with E-state index in [-0.39, 0.29) is 0 Å². The Hall–Kier alpha value is -1.31. The number of rotatable bonds is 3. The first kappa shape index (κ1) is 11.8. The minimum absolute atomic E-state index is 0.786. The summed E-state index contributed by atoms with van der Waals surface area (Å²) < 4.78 is 0. The minimum Gasteiger partial charge on any atom is -0.481 e. The average Bonchev–Trinajstić information content (AvgIpc) is 2.17. The summed E-state index contributed by atoms with van der Waals surface area (Å²) in [5.41, 5.74) is 2.51. The first-order chi connectivity index (χ1) is 6.89. The molecule has 0 bridgehead atoms. The second-order valence-electron chi connectivity index (χ2n) is 4.42. The third-order valence-electron chi connectivity index (χ3n) is 2.98. The number of carboxylic acids is 1. The molecule has 0 radical (unpaired) electrons. The van der Waals surface area contributed by atoms with E-state index in [1.165, 1.54) is 11.1 Å². The van der Waals surface area contributed by atoms with Gasteiger partial charge in [0.05, 0.1) is 5.41 Å². The Bertz CT molecular complexity index is 378. The quantitative estimate of drug-likeness (QED) is 0.825. The van der Waals surface area contributed by atoms with Crippen LogP contribution >= 0.6 is 0 Å². The van der Waals surface area contributed by atoms with Crippen molar-refractivity contribution in [3.63, 3.8) is 0 Å². The maximum Gasteiger partial charge on any atom is 0.313 e. The number of carboxylic acid groups (broad SMARTS) is 1. The normalized spacial score (nSPS) is 11.5. The molecule has 0 heterocycles. The number of hydrogen-bond donors (Lipinski definition) is 1. The number of aryl methyl sites for hydroxylation is 2. The molecule has 0 amide bonds. The van der Waals surface area contributed by atoms with Crippen LogP contribution in [0.25, 0.3) is 0 Å². The smallest absolute Gasteiger partial charge is 0.313 e. The van der Waals surface area contributed by atoms with Crippen LogP contribution in [0.5, 0.6) is 0 Å². The molecule has 0 aliphatic heterocycles. The summed E-state index contributed by atoms with van der Waals surface area (Å²) >= 11 is 0. The second-order valence-corrected chi connectivity index (χ2v) is 4.42. The number of carbonyl (C=O) groups is 1. The molecule has 1 N–H and O–H groups in total. The molecule has 0 atom stereocenters. The Labute approximate surface area is 90.9 Å². The molecule has 2 heteroatoms. The summed E-state index contributed by atoms with van der Waals surface area (Å²) in [6.07, 6.45) is 0.986. The van der Waals surface area contributed by atoms with Gasteiger partial charge in [-0.2, -0.15) is 0 Å². The van der Waals surface area contributed by atoms with E-state index in [1.54, 1.807) is 13.8 Å². The average molecular weight is 206 g/mol. The second kappa shape index (κ2) is 4.05. The molecule has 15 heavy (non-hydrogen) atoms. The molecular formula is C13H18O2. The SMILES string of the molecule is CCc1ccc(C(C)(C)C(=O)O)cc1C. The fourth-order valence-corrected chi connectivity index (χ4v) is 1.60. The van der Waals surface area contributed by atoms with Gasteiger partial charge in [0.1, 0.15) is 0 Å². The summed E-state index contributed by atoms with van der Waals surface area (Å²) in [5, 5.41) is 9.11. The zero-order chi connectivity index (χ0) is 11.6. The van der Waals surface area contributed by atoms with E-state index in [0.29, 0.717) is 0 Å². The number of benzene rings is 1. The van der Waals surface area contributed by atoms with E-state index in [4.69, 9.17) is 5.11 Å². The van der Waals surface area contributed by atoms with Gasteiger partial charge in [-0.25, -0.2) is 0 Å². The van der Waals surface area contributed by atoms with Crippen molar-refractivity contribution < 1.29 is 9.90 Å². The van der Waals surface area contributed by atoms with Gasteiger partial charge in [-0.15, -0.1) is 0 Å². The Kier molecular flexibility index (Phi) is 3.18. The Morgan fingerprint density at radius 1 is 1.40 bits per heavy atom. The first-order valence-electron chi connectivity index (χ1n) is 5.23. The highest BCUT2D eigenvalue weighted by Gasteiger charge is 2.29. The van der Waals surface area contributed by atoms with Crippen LogP contribution in [-0.2, 0) is 16.6 Å². The van der Waals surface area contributed by atoms with Gasteiger partial charge in [-0.05, 0) is 43.9 Å². The van der Waals surface area contributed by atoms with Gasteiger partial charge < -0.3 is 5.11 Å². The lowest BCUT2D eigenvalue weighted by molar-refractivity contribution is -0.142. The molecular weight excluding hydrogens is 188 g/mol. The molecule has 0 aromatic heterocycles. The maximum atomic E-state index is 11.1. The Morgan fingerprint density at radius 2 is 2.00 bits per heavy atom. The summed E-state index contributed by atoms with van der Waals surface area (Å²) in [6.45, 7) is 7.59. The first-order valence-corrected chi connectivity index (χ1v) is 5.23. The molecule has 2 nitrogen and oxygen atoms in total. The molecule has 0 saturated carbocycles. The maximum absolute atomic E-state index is 11.1. The highest BCUT2D eigenvalue weighted by atomic mass is 16.4. The number of hydrogen-bond acceptors (Lipinski definition) is 1. The van der Waals surface area contributed by atoms with Gasteiger partial charge in [0.2, 0.25) is 0 Å². The molecule has 1 aromatic carbocycles. The number of aliphatic carboxylic acids is 1. The fraction of sp³-hybridized carbons (Fsp3) is 0.462. The molecule has 0 spiro atoms. The monoisotopic (exact) mass is 206 g/mol. The van der Waals surface area contributed by atoms with Crippen molar-refractivity contribution in [2.24, 2.45) is 0 Å². The van der Waals surface area contributed by atoms with Crippen LogP contribution in [0.3, 0.4) is 0 Å². The molecule has 0 aliphatic carbocycles. The molecule has 1 rings (SSSR count). The Balaban J connectivity index is 3.18. The molecule has 0 saturated heterocycles. The van der Waals surface area contributed by atoms with Gasteiger partial charge in [-0.3, -0.25) is 4.79 Å². The van der Waals surface area contributed by atoms with Gasteiger partial charge in [0.15, 0.2) is 0 Å². The lowest BCUT2D eigenvalue weighted by atomic mass is 9.83. The van der Waals surface area contributed by atoms with E-state index in [9.17, 15) is 4.79 Å². The lowest BCUT2D eigenvalue weighted by Gasteiger charge is -2.20. The van der Waals surface area contributed by atoms with Crippen LogP contribution in [0.4, 0.5) is 0 Å². The summed E-state index contributed by atoms with van der Waals surface area (Å²) in [5.74, 6) is -0.786. The molecule has 82 valence electrons. The van der Waals surface area contributed by atoms with Crippen LogP contribution < -0.4 is 0 Å². The third-order valence-corrected chi connectivity index (χ3v) is 2.98. The van der Waals surface area contributed by atoms with E-state index in [2.05, 4.69) is 6.92 Å². The summed E-state index contributed by atoms with van der Waals surface area (Å²) in [4.78, 5) is 11.1. The van der Waals surface area contributed by atoms with Gasteiger partial charge >= 0.3 is 5.97 Å². The zero-order valence-electron chi connectivity index (χ0n) is 9.79. The fourth-order valence-electron chi connectivity index (χ4n) is 1.60. The topological polar surface area (TPSA) is 37.3 Å². The van der Waals surface area contributed by atoms with Crippen molar-refractivity contribution in [2.45, 2.75) is 39.5 Å².